The van der Waals surface area contributed by atoms with E-state index in [-0.39, 0.29) is 17.8 Å². The number of rotatable bonds is 7. The highest BCUT2D eigenvalue weighted by Crippen LogP contribution is 2.26. The molecular weight excluding hydrogens is 369 g/mol. The van der Waals surface area contributed by atoms with E-state index in [1.807, 2.05) is 0 Å². The zero-order chi connectivity index (χ0) is 20.7. The molecule has 0 saturated carbocycles. The number of hydrogen-bond donors (Lipinski definition) is 3. The largest absolute Gasteiger partial charge is 0.505 e. The molecule has 1 amide bonds. The number of phenols is 1. The van der Waals surface area contributed by atoms with Gasteiger partial charge in [0.25, 0.3) is 0 Å². The molecular formula is C20H18FNO6. The number of hydrogen-bond acceptors (Lipinski definition) is 5. The smallest absolute Gasteiger partial charge is 0.412 e. The van der Waals surface area contributed by atoms with E-state index in [0.717, 1.165) is 18.2 Å². The Morgan fingerprint density at radius 3 is 2.43 bits per heavy atom. The molecule has 0 aliphatic carbocycles. The van der Waals surface area contributed by atoms with Gasteiger partial charge in [-0.3, -0.25) is 10.1 Å². The molecule has 7 nitrogen and oxygen atoms in total. The third-order valence-electron chi connectivity index (χ3n) is 3.74. The molecule has 2 aromatic rings. The first-order valence-electron chi connectivity index (χ1n) is 8.22. The summed E-state index contributed by atoms with van der Waals surface area (Å²) in [5.74, 6) is -2.74. The van der Waals surface area contributed by atoms with Crippen LogP contribution in [0.1, 0.15) is 35.4 Å². The summed E-state index contributed by atoms with van der Waals surface area (Å²) in [7, 11) is 0. The zero-order valence-electron chi connectivity index (χ0n) is 14.9. The average molecular weight is 387 g/mol. The van der Waals surface area contributed by atoms with Crippen molar-refractivity contribution in [1.82, 2.24) is 0 Å². The Balaban J connectivity index is 2.13. The number of ether oxygens (including phenoxy) is 1. The van der Waals surface area contributed by atoms with Crippen LogP contribution in [0.5, 0.6) is 5.75 Å². The average Bonchev–Trinajstić information content (AvgIpc) is 2.63. The normalized spacial score (nSPS) is 11.8. The molecule has 0 aliphatic heterocycles. The fourth-order valence-corrected chi connectivity index (χ4v) is 2.33. The van der Waals surface area contributed by atoms with Gasteiger partial charge in [-0.2, -0.15) is 0 Å². The Bertz CT molecular complexity index is 907. The summed E-state index contributed by atoms with van der Waals surface area (Å²) in [6.07, 6.45) is 0.297. The van der Waals surface area contributed by atoms with Crippen LogP contribution in [0.2, 0.25) is 0 Å². The van der Waals surface area contributed by atoms with Gasteiger partial charge >= 0.3 is 12.1 Å². The Labute approximate surface area is 160 Å². The van der Waals surface area contributed by atoms with Gasteiger partial charge in [0.2, 0.25) is 0 Å². The summed E-state index contributed by atoms with van der Waals surface area (Å²) in [6.45, 7) is 1.42. The number of nitrogens with one attached hydrogen (secondary N) is 1. The number of benzene rings is 2. The number of aromatic hydroxyl groups is 1. The highest BCUT2D eigenvalue weighted by atomic mass is 19.1. The minimum Gasteiger partial charge on any atom is -0.505 e. The standard InChI is InChI=1S/C20H18FNO6/c1-12(23)13-5-8-15(9-6-13)22-20(27)28-18(3-2-4-19(25)26)14-7-10-17(24)16(21)11-14/h2,4-11,18,24H,3H2,1H3,(H,22,27)(H,25,26)/b4-2+/t18-/m1/s1. The van der Waals surface area contributed by atoms with Gasteiger partial charge in [0.1, 0.15) is 6.10 Å². The van der Waals surface area contributed by atoms with Gasteiger partial charge < -0.3 is 14.9 Å². The Kier molecular flexibility index (Phi) is 6.86. The maximum atomic E-state index is 13.6. The predicted molar refractivity (Wildman–Crippen MR) is 98.7 cm³/mol. The molecule has 146 valence electrons. The Morgan fingerprint density at radius 2 is 1.86 bits per heavy atom. The zero-order valence-corrected chi connectivity index (χ0v) is 14.9. The van der Waals surface area contributed by atoms with Gasteiger partial charge in [0.05, 0.1) is 0 Å². The number of anilines is 1. The monoisotopic (exact) mass is 387 g/mol. The van der Waals surface area contributed by atoms with Crippen molar-refractivity contribution in [3.63, 3.8) is 0 Å². The van der Waals surface area contributed by atoms with Crippen LogP contribution in [0.4, 0.5) is 14.9 Å². The highest BCUT2D eigenvalue weighted by molar-refractivity contribution is 5.95. The molecule has 0 fully saturated rings. The second-order valence-corrected chi connectivity index (χ2v) is 5.84. The number of carboxylic acids is 1. The van der Waals surface area contributed by atoms with Gasteiger partial charge in [-0.1, -0.05) is 12.1 Å². The number of phenolic OH excluding ortho intramolecular Hbond substituents is 1. The molecule has 3 N–H and O–H groups in total. The van der Waals surface area contributed by atoms with Crippen LogP contribution in [0.3, 0.4) is 0 Å². The minimum absolute atomic E-state index is 0.0206. The van der Waals surface area contributed by atoms with Crippen LogP contribution in [-0.4, -0.2) is 28.1 Å². The van der Waals surface area contributed by atoms with E-state index in [9.17, 15) is 23.9 Å². The topological polar surface area (TPSA) is 113 Å². The number of carboxylic acid groups (broad SMARTS) is 1. The van der Waals surface area contributed by atoms with Crippen molar-refractivity contribution in [3.05, 3.63) is 71.6 Å². The van der Waals surface area contributed by atoms with E-state index in [1.54, 1.807) is 12.1 Å². The lowest BCUT2D eigenvalue weighted by molar-refractivity contribution is -0.131. The summed E-state index contributed by atoms with van der Waals surface area (Å²) in [5, 5.41) is 20.5. The number of ketones is 1. The maximum Gasteiger partial charge on any atom is 0.412 e. The molecule has 0 aromatic heterocycles. The van der Waals surface area contributed by atoms with E-state index in [4.69, 9.17) is 9.84 Å². The second kappa shape index (κ2) is 9.31. The lowest BCUT2D eigenvalue weighted by Gasteiger charge is -2.18. The summed E-state index contributed by atoms with van der Waals surface area (Å²) in [6, 6.07) is 9.62. The molecule has 2 rings (SSSR count). The quantitative estimate of drug-likeness (QED) is 0.488. The molecule has 8 heteroatoms. The lowest BCUT2D eigenvalue weighted by Crippen LogP contribution is -2.17. The molecule has 0 bridgehead atoms. The van der Waals surface area contributed by atoms with Crippen LogP contribution >= 0.6 is 0 Å². The number of amides is 1. The number of carbonyl (C=O) groups excluding carboxylic acids is 2. The van der Waals surface area contributed by atoms with Crippen LogP contribution in [0.15, 0.2) is 54.6 Å². The highest BCUT2D eigenvalue weighted by Gasteiger charge is 2.18. The molecule has 0 spiro atoms. The van der Waals surface area contributed by atoms with Crippen molar-refractivity contribution in [2.45, 2.75) is 19.4 Å². The predicted octanol–water partition coefficient (Wildman–Crippen LogP) is 4.05. The molecule has 0 saturated heterocycles. The van der Waals surface area contributed by atoms with E-state index < -0.39 is 29.7 Å². The van der Waals surface area contributed by atoms with Crippen LogP contribution in [0.25, 0.3) is 0 Å². The lowest BCUT2D eigenvalue weighted by atomic mass is 10.1. The van der Waals surface area contributed by atoms with Crippen molar-refractivity contribution < 1.29 is 33.7 Å². The number of halogens is 1. The Hall–Kier alpha value is -3.68. The van der Waals surface area contributed by atoms with Crippen molar-refractivity contribution >= 4 is 23.5 Å². The minimum atomic E-state index is -1.18. The van der Waals surface area contributed by atoms with Gasteiger partial charge in [-0.05, 0) is 48.9 Å². The summed E-state index contributed by atoms with van der Waals surface area (Å²) < 4.78 is 18.9. The summed E-state index contributed by atoms with van der Waals surface area (Å²) in [4.78, 5) is 34.1. The first-order chi connectivity index (χ1) is 13.3. The van der Waals surface area contributed by atoms with Crippen molar-refractivity contribution in [1.29, 1.82) is 0 Å². The molecule has 1 atom stereocenters. The molecule has 0 aliphatic rings. The third-order valence-corrected chi connectivity index (χ3v) is 3.74. The van der Waals surface area contributed by atoms with Crippen molar-refractivity contribution in [3.8, 4) is 5.75 Å². The van der Waals surface area contributed by atoms with E-state index in [2.05, 4.69) is 5.32 Å². The first kappa shape index (κ1) is 20.6. The van der Waals surface area contributed by atoms with Crippen molar-refractivity contribution in [2.75, 3.05) is 5.32 Å². The van der Waals surface area contributed by atoms with E-state index in [1.165, 1.54) is 31.2 Å². The molecule has 0 unspecified atom stereocenters. The van der Waals surface area contributed by atoms with Gasteiger partial charge in [0, 0.05) is 23.7 Å². The third kappa shape index (κ3) is 5.94. The fourth-order valence-electron chi connectivity index (χ4n) is 2.33. The van der Waals surface area contributed by atoms with E-state index in [0.29, 0.717) is 11.3 Å². The first-order valence-corrected chi connectivity index (χ1v) is 8.22. The van der Waals surface area contributed by atoms with Gasteiger partial charge in [0.15, 0.2) is 17.3 Å². The van der Waals surface area contributed by atoms with Gasteiger partial charge in [-0.25, -0.2) is 14.0 Å². The number of Topliss-reactive ketones (excluding diaryl/α,β-unsaturated/α-hetero) is 1. The van der Waals surface area contributed by atoms with Crippen LogP contribution in [-0.2, 0) is 9.53 Å². The Morgan fingerprint density at radius 1 is 1.18 bits per heavy atom. The molecule has 0 heterocycles. The SMILES string of the molecule is CC(=O)c1ccc(NC(=O)O[C@H](C/C=C/C(=O)O)c2ccc(O)c(F)c2)cc1. The number of aliphatic carboxylic acids is 1. The van der Waals surface area contributed by atoms with E-state index >= 15 is 0 Å². The maximum absolute atomic E-state index is 13.6. The fraction of sp³-hybridized carbons (Fsp3) is 0.150. The second-order valence-electron chi connectivity index (χ2n) is 5.84. The van der Waals surface area contributed by atoms with Gasteiger partial charge in [-0.15, -0.1) is 0 Å². The molecule has 28 heavy (non-hydrogen) atoms. The van der Waals surface area contributed by atoms with Crippen molar-refractivity contribution in [2.24, 2.45) is 0 Å². The summed E-state index contributed by atoms with van der Waals surface area (Å²) in [5.41, 5.74) is 1.11. The molecule has 0 radical (unpaired) electrons. The van der Waals surface area contributed by atoms with Crippen LogP contribution in [0, 0.1) is 5.82 Å². The number of carbonyl (C=O) groups is 3. The summed E-state index contributed by atoms with van der Waals surface area (Å²) >= 11 is 0. The van der Waals surface area contributed by atoms with Crippen LogP contribution < -0.4 is 5.32 Å². The molecule has 2 aromatic carbocycles.